The van der Waals surface area contributed by atoms with Gasteiger partial charge in [-0.25, -0.2) is 4.79 Å². The van der Waals surface area contributed by atoms with Crippen LogP contribution in [0.4, 0.5) is 0 Å². The number of hydrogen-bond donors (Lipinski definition) is 0. The van der Waals surface area contributed by atoms with Gasteiger partial charge in [-0.05, 0) is 11.5 Å². The topological polar surface area (TPSA) is 52.6 Å². The molecule has 0 amide bonds. The highest BCUT2D eigenvalue weighted by Crippen LogP contribution is 2.28. The van der Waals surface area contributed by atoms with E-state index in [0.29, 0.717) is 5.56 Å². The van der Waals surface area contributed by atoms with Crippen LogP contribution >= 0.6 is 0 Å². The van der Waals surface area contributed by atoms with E-state index in [2.05, 4.69) is 4.74 Å². The fourth-order valence-corrected chi connectivity index (χ4v) is 1.79. The zero-order valence-electron chi connectivity index (χ0n) is 11.1. The van der Waals surface area contributed by atoms with Crippen LogP contribution in [0.15, 0.2) is 24.3 Å². The van der Waals surface area contributed by atoms with Crippen molar-refractivity contribution in [3.8, 4) is 0 Å². The average molecular weight is 250 g/mol. The van der Waals surface area contributed by atoms with Crippen LogP contribution in [0.25, 0.3) is 0 Å². The zero-order chi connectivity index (χ0) is 13.7. The molecule has 0 N–H and O–H groups in total. The van der Waals surface area contributed by atoms with Crippen molar-refractivity contribution in [3.05, 3.63) is 35.4 Å². The summed E-state index contributed by atoms with van der Waals surface area (Å²) in [5.41, 5.74) is 1.64. The van der Waals surface area contributed by atoms with Gasteiger partial charge >= 0.3 is 11.9 Å². The first-order valence-corrected chi connectivity index (χ1v) is 5.81. The second kappa shape index (κ2) is 6.19. The third kappa shape index (κ3) is 3.32. The molecule has 0 aliphatic rings. The molecule has 0 saturated carbocycles. The quantitative estimate of drug-likeness (QED) is 0.771. The molecule has 0 spiro atoms. The van der Waals surface area contributed by atoms with Crippen LogP contribution in [0, 0.1) is 0 Å². The molecule has 1 unspecified atom stereocenters. The number of esters is 2. The SMILES string of the molecule is COC(=O)C(OC(C)=O)c1ccccc1C(C)C. The van der Waals surface area contributed by atoms with Gasteiger partial charge in [0.05, 0.1) is 7.11 Å². The standard InChI is InChI=1S/C14H18O4/c1-9(2)11-7-5-6-8-12(11)13(14(16)17-4)18-10(3)15/h5-9,13H,1-4H3. The molecule has 1 atom stereocenters. The van der Waals surface area contributed by atoms with Gasteiger partial charge in [0.15, 0.2) is 0 Å². The van der Waals surface area contributed by atoms with Gasteiger partial charge in [-0.1, -0.05) is 38.1 Å². The van der Waals surface area contributed by atoms with E-state index >= 15 is 0 Å². The van der Waals surface area contributed by atoms with Crippen LogP contribution in [0.1, 0.15) is 43.9 Å². The van der Waals surface area contributed by atoms with Crippen molar-refractivity contribution >= 4 is 11.9 Å². The van der Waals surface area contributed by atoms with Crippen LogP contribution in [-0.2, 0) is 19.1 Å². The second-order valence-electron chi connectivity index (χ2n) is 4.30. The Morgan fingerprint density at radius 2 is 1.67 bits per heavy atom. The van der Waals surface area contributed by atoms with Crippen molar-refractivity contribution in [2.24, 2.45) is 0 Å². The summed E-state index contributed by atoms with van der Waals surface area (Å²) >= 11 is 0. The predicted molar refractivity (Wildman–Crippen MR) is 67.1 cm³/mol. The third-order valence-electron chi connectivity index (χ3n) is 2.60. The van der Waals surface area contributed by atoms with E-state index in [9.17, 15) is 9.59 Å². The molecule has 1 rings (SSSR count). The van der Waals surface area contributed by atoms with E-state index in [1.54, 1.807) is 12.1 Å². The van der Waals surface area contributed by atoms with Gasteiger partial charge in [-0.3, -0.25) is 4.79 Å². The summed E-state index contributed by atoms with van der Waals surface area (Å²) in [7, 11) is 1.27. The lowest BCUT2D eigenvalue weighted by atomic mass is 9.94. The Morgan fingerprint density at radius 1 is 1.11 bits per heavy atom. The summed E-state index contributed by atoms with van der Waals surface area (Å²) in [5.74, 6) is -0.855. The van der Waals surface area contributed by atoms with Crippen molar-refractivity contribution in [1.82, 2.24) is 0 Å². The van der Waals surface area contributed by atoms with Gasteiger partial charge in [-0.2, -0.15) is 0 Å². The predicted octanol–water partition coefficient (Wildman–Crippen LogP) is 2.59. The van der Waals surface area contributed by atoms with E-state index in [0.717, 1.165) is 5.56 Å². The Kier molecular flexibility index (Phi) is 4.89. The molecule has 0 fully saturated rings. The largest absolute Gasteiger partial charge is 0.466 e. The minimum Gasteiger partial charge on any atom is -0.466 e. The summed E-state index contributed by atoms with van der Waals surface area (Å²) in [5, 5.41) is 0. The molecule has 0 saturated heterocycles. The summed E-state index contributed by atoms with van der Waals surface area (Å²) in [4.78, 5) is 22.8. The Balaban J connectivity index is 3.20. The van der Waals surface area contributed by atoms with Crippen LogP contribution in [0.2, 0.25) is 0 Å². The lowest BCUT2D eigenvalue weighted by Gasteiger charge is -2.19. The van der Waals surface area contributed by atoms with Gasteiger partial charge in [0.25, 0.3) is 0 Å². The number of methoxy groups -OCH3 is 1. The molecule has 4 heteroatoms. The summed E-state index contributed by atoms with van der Waals surface area (Å²) < 4.78 is 9.75. The molecule has 0 heterocycles. The van der Waals surface area contributed by atoms with Gasteiger partial charge in [0, 0.05) is 12.5 Å². The first kappa shape index (κ1) is 14.2. The molecule has 18 heavy (non-hydrogen) atoms. The molecule has 0 bridgehead atoms. The normalized spacial score (nSPS) is 12.1. The Hall–Kier alpha value is -1.84. The van der Waals surface area contributed by atoms with E-state index in [1.165, 1.54) is 14.0 Å². The van der Waals surface area contributed by atoms with E-state index < -0.39 is 18.0 Å². The lowest BCUT2D eigenvalue weighted by molar-refractivity contribution is -0.165. The lowest BCUT2D eigenvalue weighted by Crippen LogP contribution is -2.21. The first-order valence-electron chi connectivity index (χ1n) is 5.81. The highest BCUT2D eigenvalue weighted by Gasteiger charge is 2.27. The van der Waals surface area contributed by atoms with Gasteiger partial charge in [0.1, 0.15) is 0 Å². The minimum absolute atomic E-state index is 0.226. The molecule has 0 aromatic heterocycles. The zero-order valence-corrected chi connectivity index (χ0v) is 11.1. The molecular formula is C14H18O4. The molecule has 0 aliphatic carbocycles. The highest BCUT2D eigenvalue weighted by atomic mass is 16.6. The van der Waals surface area contributed by atoms with Crippen molar-refractivity contribution < 1.29 is 19.1 Å². The molecule has 1 aromatic carbocycles. The Labute approximate surface area is 107 Å². The van der Waals surface area contributed by atoms with Crippen molar-refractivity contribution in [3.63, 3.8) is 0 Å². The molecule has 0 radical (unpaired) electrons. The summed E-state index contributed by atoms with van der Waals surface area (Å²) in [6.45, 7) is 5.30. The van der Waals surface area contributed by atoms with Gasteiger partial charge < -0.3 is 9.47 Å². The number of ether oxygens (including phenoxy) is 2. The molecule has 98 valence electrons. The smallest absolute Gasteiger partial charge is 0.351 e. The second-order valence-corrected chi connectivity index (χ2v) is 4.30. The number of carbonyl (C=O) groups is 2. The van der Waals surface area contributed by atoms with Gasteiger partial charge in [-0.15, -0.1) is 0 Å². The molecular weight excluding hydrogens is 232 g/mol. The van der Waals surface area contributed by atoms with Crippen molar-refractivity contribution in [2.75, 3.05) is 7.11 Å². The summed E-state index contributed by atoms with van der Waals surface area (Å²) in [6, 6.07) is 7.39. The van der Waals surface area contributed by atoms with Crippen molar-refractivity contribution in [2.45, 2.75) is 32.8 Å². The summed E-state index contributed by atoms with van der Waals surface area (Å²) in [6.07, 6.45) is -0.994. The third-order valence-corrected chi connectivity index (χ3v) is 2.60. The maximum atomic E-state index is 11.7. The maximum Gasteiger partial charge on any atom is 0.351 e. The van der Waals surface area contributed by atoms with E-state index in [1.807, 2.05) is 26.0 Å². The van der Waals surface area contributed by atoms with Crippen LogP contribution in [0.5, 0.6) is 0 Å². The molecule has 0 aliphatic heterocycles. The Morgan fingerprint density at radius 3 is 2.11 bits per heavy atom. The van der Waals surface area contributed by atoms with Crippen LogP contribution in [-0.4, -0.2) is 19.0 Å². The number of hydrogen-bond acceptors (Lipinski definition) is 4. The van der Waals surface area contributed by atoms with Crippen LogP contribution < -0.4 is 0 Å². The molecule has 4 nitrogen and oxygen atoms in total. The van der Waals surface area contributed by atoms with E-state index in [4.69, 9.17) is 4.74 Å². The first-order chi connectivity index (χ1) is 8.47. The van der Waals surface area contributed by atoms with Crippen LogP contribution in [0.3, 0.4) is 0 Å². The van der Waals surface area contributed by atoms with Gasteiger partial charge in [0.2, 0.25) is 6.10 Å². The fraction of sp³-hybridized carbons (Fsp3) is 0.429. The Bertz CT molecular complexity index is 437. The number of carbonyl (C=O) groups excluding carboxylic acids is 2. The maximum absolute atomic E-state index is 11.7. The fourth-order valence-electron chi connectivity index (χ4n) is 1.79. The number of rotatable bonds is 4. The van der Waals surface area contributed by atoms with E-state index in [-0.39, 0.29) is 5.92 Å². The highest BCUT2D eigenvalue weighted by molar-refractivity contribution is 5.80. The monoisotopic (exact) mass is 250 g/mol. The number of benzene rings is 1. The average Bonchev–Trinajstić information content (AvgIpc) is 2.34. The molecule has 1 aromatic rings. The minimum atomic E-state index is -0.994. The van der Waals surface area contributed by atoms with Crippen molar-refractivity contribution in [1.29, 1.82) is 0 Å².